The van der Waals surface area contributed by atoms with Gasteiger partial charge in [0.2, 0.25) is 0 Å². The Bertz CT molecular complexity index is 557. The monoisotopic (exact) mass is 302 g/mol. The largest absolute Gasteiger partial charge is 0.468 e. The number of carbonyl (C=O) groups excluding carboxylic acids is 1. The third kappa shape index (κ3) is 3.65. The number of carbonyl (C=O) groups is 1. The first-order valence-electron chi connectivity index (χ1n) is 7.56. The lowest BCUT2D eigenvalue weighted by atomic mass is 9.90. The minimum absolute atomic E-state index is 0.278. The fourth-order valence-electron chi connectivity index (χ4n) is 3.05. The number of methoxy groups -OCH3 is 1. The highest BCUT2D eigenvalue weighted by molar-refractivity contribution is 5.77. The quantitative estimate of drug-likeness (QED) is 0.859. The van der Waals surface area contributed by atoms with Crippen LogP contribution in [0, 0.1) is 17.2 Å². The molecule has 2 atom stereocenters. The van der Waals surface area contributed by atoms with E-state index < -0.39 is 6.04 Å². The maximum atomic E-state index is 12.2. The molecule has 0 aliphatic carbocycles. The van der Waals surface area contributed by atoms with Gasteiger partial charge in [-0.15, -0.1) is 0 Å². The summed E-state index contributed by atoms with van der Waals surface area (Å²) in [6.45, 7) is 3.27. The zero-order chi connectivity index (χ0) is 16.1. The van der Waals surface area contributed by atoms with Gasteiger partial charge in [-0.3, -0.25) is 4.90 Å². The van der Waals surface area contributed by atoms with Crippen LogP contribution >= 0.6 is 0 Å². The maximum absolute atomic E-state index is 12.2. The van der Waals surface area contributed by atoms with Crippen LogP contribution in [-0.4, -0.2) is 42.3 Å². The first-order valence-corrected chi connectivity index (χ1v) is 7.56. The van der Waals surface area contributed by atoms with E-state index in [1.807, 2.05) is 13.0 Å². The van der Waals surface area contributed by atoms with E-state index >= 15 is 0 Å². The molecule has 0 saturated carbocycles. The molecule has 0 spiro atoms. The summed E-state index contributed by atoms with van der Waals surface area (Å²) in [6.07, 6.45) is 1.38. The predicted octanol–water partition coefficient (Wildman–Crippen LogP) is 1.87. The van der Waals surface area contributed by atoms with E-state index in [0.29, 0.717) is 5.56 Å². The van der Waals surface area contributed by atoms with Crippen LogP contribution in [0.4, 0.5) is 0 Å². The number of hydrogen-bond acceptors (Lipinski definition) is 5. The lowest BCUT2D eigenvalue weighted by Gasteiger charge is -2.37. The van der Waals surface area contributed by atoms with E-state index in [1.165, 1.54) is 7.11 Å². The van der Waals surface area contributed by atoms with Crippen molar-refractivity contribution in [3.63, 3.8) is 0 Å². The third-order valence-corrected chi connectivity index (χ3v) is 4.38. The molecule has 0 radical (unpaired) electrons. The van der Waals surface area contributed by atoms with Crippen LogP contribution < -0.4 is 0 Å². The number of rotatable bonds is 4. The van der Waals surface area contributed by atoms with Crippen molar-refractivity contribution in [2.24, 2.45) is 5.92 Å². The van der Waals surface area contributed by atoms with Gasteiger partial charge in [0.15, 0.2) is 0 Å². The van der Waals surface area contributed by atoms with Crippen molar-refractivity contribution >= 4 is 5.97 Å². The Morgan fingerprint density at radius 3 is 2.68 bits per heavy atom. The van der Waals surface area contributed by atoms with Crippen molar-refractivity contribution in [1.29, 1.82) is 5.26 Å². The summed E-state index contributed by atoms with van der Waals surface area (Å²) in [7, 11) is 1.38. The normalized spacial score (nSPS) is 19.2. The lowest BCUT2D eigenvalue weighted by Crippen LogP contribution is -2.42. The summed E-state index contributed by atoms with van der Waals surface area (Å²) in [6, 6.07) is 8.70. The summed E-state index contributed by atoms with van der Waals surface area (Å²) in [5.74, 6) is -0.0365. The van der Waals surface area contributed by atoms with Crippen LogP contribution in [0.2, 0.25) is 0 Å². The highest BCUT2D eigenvalue weighted by Crippen LogP contribution is 2.29. The van der Waals surface area contributed by atoms with Gasteiger partial charge in [-0.2, -0.15) is 5.26 Å². The minimum atomic E-state index is -0.492. The van der Waals surface area contributed by atoms with Crippen LogP contribution in [0.3, 0.4) is 0 Å². The van der Waals surface area contributed by atoms with E-state index in [4.69, 9.17) is 10.00 Å². The molecule has 22 heavy (non-hydrogen) atoms. The minimum Gasteiger partial charge on any atom is -0.468 e. The van der Waals surface area contributed by atoms with Crippen molar-refractivity contribution in [3.05, 3.63) is 35.4 Å². The van der Waals surface area contributed by atoms with Gasteiger partial charge in [-0.1, -0.05) is 12.1 Å². The van der Waals surface area contributed by atoms with Crippen molar-refractivity contribution < 1.29 is 14.6 Å². The average Bonchev–Trinajstić information content (AvgIpc) is 2.55. The molecule has 1 aliphatic rings. The lowest BCUT2D eigenvalue weighted by molar-refractivity contribution is -0.148. The van der Waals surface area contributed by atoms with E-state index in [2.05, 4.69) is 11.0 Å². The Kier molecular flexibility index (Phi) is 5.53. The Hall–Kier alpha value is -1.90. The highest BCUT2D eigenvalue weighted by Gasteiger charge is 2.32. The predicted molar refractivity (Wildman–Crippen MR) is 81.9 cm³/mol. The molecule has 118 valence electrons. The van der Waals surface area contributed by atoms with Gasteiger partial charge in [0, 0.05) is 0 Å². The molecule has 2 rings (SSSR count). The second-order valence-electron chi connectivity index (χ2n) is 5.78. The zero-order valence-corrected chi connectivity index (χ0v) is 13.0. The number of nitrogens with zero attached hydrogens (tertiary/aromatic N) is 2. The summed E-state index contributed by atoms with van der Waals surface area (Å²) in [4.78, 5) is 14.3. The number of piperidine rings is 1. The number of esters is 1. The molecule has 0 aromatic heterocycles. The number of aliphatic hydroxyl groups excluding tert-OH is 1. The summed E-state index contributed by atoms with van der Waals surface area (Å²) in [5, 5.41) is 18.7. The number of aliphatic hydroxyl groups is 1. The van der Waals surface area contributed by atoms with Crippen LogP contribution in [-0.2, 0) is 9.53 Å². The Balaban J connectivity index is 2.21. The van der Waals surface area contributed by atoms with Crippen molar-refractivity contribution in [2.45, 2.75) is 31.9 Å². The zero-order valence-electron chi connectivity index (χ0n) is 13.0. The smallest absolute Gasteiger partial charge is 0.327 e. The number of likely N-dealkylation sites (tertiary alicyclic amines) is 1. The van der Waals surface area contributed by atoms with E-state index in [0.717, 1.165) is 31.5 Å². The van der Waals surface area contributed by atoms with Gasteiger partial charge in [-0.05, 0) is 56.5 Å². The molecule has 1 aromatic rings. The number of ether oxygens (including phenoxy) is 1. The van der Waals surface area contributed by atoms with E-state index in [1.54, 1.807) is 18.2 Å². The van der Waals surface area contributed by atoms with Crippen LogP contribution in [0.1, 0.15) is 36.9 Å². The number of benzene rings is 1. The van der Waals surface area contributed by atoms with Gasteiger partial charge in [-0.25, -0.2) is 4.79 Å². The molecule has 5 nitrogen and oxygen atoms in total. The molecular formula is C17H22N2O3. The van der Waals surface area contributed by atoms with Crippen LogP contribution in [0.15, 0.2) is 24.3 Å². The number of nitriles is 1. The van der Waals surface area contributed by atoms with Gasteiger partial charge in [0.1, 0.15) is 6.04 Å². The molecule has 1 aromatic carbocycles. The number of hydrogen-bond donors (Lipinski definition) is 1. The first-order chi connectivity index (χ1) is 10.6. The molecule has 1 N–H and O–H groups in total. The second kappa shape index (κ2) is 7.39. The molecule has 2 unspecified atom stereocenters. The molecule has 0 bridgehead atoms. The maximum Gasteiger partial charge on any atom is 0.327 e. The summed E-state index contributed by atoms with van der Waals surface area (Å²) in [5.41, 5.74) is 1.31. The molecule has 1 aliphatic heterocycles. The standard InChI is InChI=1S/C17H22N2O3/c1-12(20)14-6-8-19(9-7-14)16(17(21)22-2)15-5-3-4-13(10-15)11-18/h3-5,10,12,14,16,20H,6-9H2,1-2H3. The molecule has 5 heteroatoms. The van der Waals surface area contributed by atoms with Gasteiger partial charge in [0.05, 0.1) is 24.8 Å². The molecule has 1 heterocycles. The van der Waals surface area contributed by atoms with Gasteiger partial charge in [0.25, 0.3) is 0 Å². The summed E-state index contributed by atoms with van der Waals surface area (Å²) >= 11 is 0. The van der Waals surface area contributed by atoms with Crippen LogP contribution in [0.25, 0.3) is 0 Å². The van der Waals surface area contributed by atoms with Crippen molar-refractivity contribution in [1.82, 2.24) is 4.90 Å². The fraction of sp³-hybridized carbons (Fsp3) is 0.529. The first kappa shape index (κ1) is 16.5. The molecule has 1 saturated heterocycles. The molecule has 0 amide bonds. The van der Waals surface area contributed by atoms with Gasteiger partial charge >= 0.3 is 5.97 Å². The fourth-order valence-corrected chi connectivity index (χ4v) is 3.05. The van der Waals surface area contributed by atoms with Crippen LogP contribution in [0.5, 0.6) is 0 Å². The van der Waals surface area contributed by atoms with Crippen molar-refractivity contribution in [2.75, 3.05) is 20.2 Å². The highest BCUT2D eigenvalue weighted by atomic mass is 16.5. The average molecular weight is 302 g/mol. The summed E-state index contributed by atoms with van der Waals surface area (Å²) < 4.78 is 4.95. The van der Waals surface area contributed by atoms with E-state index in [-0.39, 0.29) is 18.0 Å². The molecule has 1 fully saturated rings. The molecular weight excluding hydrogens is 280 g/mol. The third-order valence-electron chi connectivity index (χ3n) is 4.38. The second-order valence-corrected chi connectivity index (χ2v) is 5.78. The Labute approximate surface area is 131 Å². The van der Waals surface area contributed by atoms with Crippen molar-refractivity contribution in [3.8, 4) is 6.07 Å². The van der Waals surface area contributed by atoms with Gasteiger partial charge < -0.3 is 9.84 Å². The Morgan fingerprint density at radius 1 is 1.45 bits per heavy atom. The SMILES string of the molecule is COC(=O)C(c1cccc(C#N)c1)N1CCC(C(C)O)CC1. The topological polar surface area (TPSA) is 73.6 Å². The Morgan fingerprint density at radius 2 is 2.14 bits per heavy atom. The van der Waals surface area contributed by atoms with E-state index in [9.17, 15) is 9.90 Å².